The van der Waals surface area contributed by atoms with E-state index in [1.807, 2.05) is 12.1 Å². The van der Waals surface area contributed by atoms with Gasteiger partial charge in [0.2, 0.25) is 0 Å². The molecule has 0 saturated heterocycles. The fourth-order valence-corrected chi connectivity index (χ4v) is 7.61. The molecule has 1 aromatic heterocycles. The standard InChI is InChI=1S/C50H33NO/c1-2-9-34(10-3-1)35-19-25-42(26-20-35)51(43-27-21-36(22-28-43)40-24-30-50-48(33-40)47-15-6-7-16-49(47)52-50)44-13-8-12-38(32-44)39-23-29-46-41(31-39)18-17-37-11-4-5-14-45(37)46/h1-33H. The Balaban J connectivity index is 1.05. The quantitative estimate of drug-likeness (QED) is 0.165. The van der Waals surface area contributed by atoms with E-state index in [-0.39, 0.29) is 0 Å². The maximum Gasteiger partial charge on any atom is 0.135 e. The number of furan rings is 1. The summed E-state index contributed by atoms with van der Waals surface area (Å²) in [4.78, 5) is 2.35. The summed E-state index contributed by atoms with van der Waals surface area (Å²) in [5.41, 5.74) is 12.2. The van der Waals surface area contributed by atoms with Gasteiger partial charge < -0.3 is 9.32 Å². The van der Waals surface area contributed by atoms with Gasteiger partial charge in [-0.05, 0) is 116 Å². The minimum atomic E-state index is 0.909. The zero-order valence-corrected chi connectivity index (χ0v) is 28.4. The van der Waals surface area contributed by atoms with Crippen LogP contribution in [0.5, 0.6) is 0 Å². The SMILES string of the molecule is c1ccc(-c2ccc(N(c3ccc(-c4ccc5oc6ccccc6c5c4)cc3)c3cccc(-c4ccc5c(ccc6ccccc65)c4)c3)cc2)cc1. The molecule has 0 aliphatic carbocycles. The molecule has 2 nitrogen and oxygen atoms in total. The lowest BCUT2D eigenvalue weighted by Gasteiger charge is -2.26. The number of rotatable bonds is 6. The van der Waals surface area contributed by atoms with Crippen LogP contribution in [0.3, 0.4) is 0 Å². The van der Waals surface area contributed by atoms with Crippen molar-refractivity contribution >= 4 is 60.5 Å². The van der Waals surface area contributed by atoms with E-state index in [1.165, 1.54) is 43.8 Å². The topological polar surface area (TPSA) is 16.4 Å². The zero-order chi connectivity index (χ0) is 34.4. The first kappa shape index (κ1) is 30.0. The Labute approximate surface area is 302 Å². The van der Waals surface area contributed by atoms with Gasteiger partial charge >= 0.3 is 0 Å². The van der Waals surface area contributed by atoms with Crippen LogP contribution >= 0.6 is 0 Å². The largest absolute Gasteiger partial charge is 0.456 e. The van der Waals surface area contributed by atoms with Crippen molar-refractivity contribution in [2.75, 3.05) is 4.90 Å². The van der Waals surface area contributed by atoms with Crippen molar-refractivity contribution in [1.29, 1.82) is 0 Å². The molecule has 0 spiro atoms. The van der Waals surface area contributed by atoms with Crippen LogP contribution in [0.15, 0.2) is 205 Å². The molecule has 0 saturated carbocycles. The Morgan fingerprint density at radius 2 is 0.808 bits per heavy atom. The average Bonchev–Trinajstić information content (AvgIpc) is 3.60. The van der Waals surface area contributed by atoms with Crippen molar-refractivity contribution < 1.29 is 4.42 Å². The summed E-state index contributed by atoms with van der Waals surface area (Å²) >= 11 is 0. The molecule has 1 heterocycles. The van der Waals surface area contributed by atoms with E-state index in [0.29, 0.717) is 0 Å². The van der Waals surface area contributed by atoms with Crippen molar-refractivity contribution in [1.82, 2.24) is 0 Å². The number of anilines is 3. The minimum Gasteiger partial charge on any atom is -0.456 e. The number of para-hydroxylation sites is 1. The molecule has 0 aliphatic heterocycles. The number of benzene rings is 9. The number of hydrogen-bond donors (Lipinski definition) is 0. The molecule has 0 atom stereocenters. The normalized spacial score (nSPS) is 11.5. The van der Waals surface area contributed by atoms with Gasteiger partial charge in [0.05, 0.1) is 0 Å². The summed E-state index contributed by atoms with van der Waals surface area (Å²) in [6.07, 6.45) is 0. The summed E-state index contributed by atoms with van der Waals surface area (Å²) in [6, 6.07) is 71.8. The van der Waals surface area contributed by atoms with Gasteiger partial charge in [-0.3, -0.25) is 0 Å². The van der Waals surface area contributed by atoms with Crippen LogP contribution in [-0.4, -0.2) is 0 Å². The first-order chi connectivity index (χ1) is 25.7. The van der Waals surface area contributed by atoms with Crippen LogP contribution in [-0.2, 0) is 0 Å². The van der Waals surface area contributed by atoms with Gasteiger partial charge in [-0.2, -0.15) is 0 Å². The number of fused-ring (bicyclic) bond motifs is 6. The second kappa shape index (κ2) is 12.5. The molecule has 0 amide bonds. The van der Waals surface area contributed by atoms with E-state index in [0.717, 1.165) is 50.1 Å². The second-order valence-electron chi connectivity index (χ2n) is 13.4. The van der Waals surface area contributed by atoms with E-state index >= 15 is 0 Å². The molecule has 0 N–H and O–H groups in total. The van der Waals surface area contributed by atoms with Crippen molar-refractivity contribution in [3.05, 3.63) is 200 Å². The second-order valence-corrected chi connectivity index (χ2v) is 13.4. The monoisotopic (exact) mass is 663 g/mol. The van der Waals surface area contributed by atoms with Crippen LogP contribution in [0.2, 0.25) is 0 Å². The summed E-state index contributed by atoms with van der Waals surface area (Å²) in [6.45, 7) is 0. The smallest absolute Gasteiger partial charge is 0.135 e. The highest BCUT2D eigenvalue weighted by atomic mass is 16.3. The lowest BCUT2D eigenvalue weighted by atomic mass is 9.97. The molecule has 0 aliphatic rings. The Morgan fingerprint density at radius 3 is 1.62 bits per heavy atom. The third kappa shape index (κ3) is 5.30. The Bertz CT molecular complexity index is 2890. The first-order valence-corrected chi connectivity index (χ1v) is 17.7. The van der Waals surface area contributed by atoms with Gasteiger partial charge in [-0.1, -0.05) is 140 Å². The highest BCUT2D eigenvalue weighted by Crippen LogP contribution is 2.40. The Hall–Kier alpha value is -6.90. The summed E-state index contributed by atoms with van der Waals surface area (Å²) in [5.74, 6) is 0. The molecule has 0 bridgehead atoms. The van der Waals surface area contributed by atoms with Crippen molar-refractivity contribution in [3.8, 4) is 33.4 Å². The molecule has 10 rings (SSSR count). The third-order valence-corrected chi connectivity index (χ3v) is 10.3. The van der Waals surface area contributed by atoms with Crippen LogP contribution in [0, 0.1) is 0 Å². The van der Waals surface area contributed by atoms with E-state index in [1.54, 1.807) is 0 Å². The molecule has 10 aromatic rings. The van der Waals surface area contributed by atoms with Crippen LogP contribution < -0.4 is 4.90 Å². The first-order valence-electron chi connectivity index (χ1n) is 17.7. The summed E-state index contributed by atoms with van der Waals surface area (Å²) in [7, 11) is 0. The van der Waals surface area contributed by atoms with Crippen molar-refractivity contribution in [3.63, 3.8) is 0 Å². The minimum absolute atomic E-state index is 0.909. The van der Waals surface area contributed by atoms with Gasteiger partial charge in [-0.15, -0.1) is 0 Å². The maximum absolute atomic E-state index is 6.10. The van der Waals surface area contributed by atoms with E-state index in [2.05, 4.69) is 193 Å². The molecule has 9 aromatic carbocycles. The average molecular weight is 664 g/mol. The van der Waals surface area contributed by atoms with E-state index in [4.69, 9.17) is 4.42 Å². The van der Waals surface area contributed by atoms with Crippen LogP contribution in [0.1, 0.15) is 0 Å². The molecule has 0 unspecified atom stereocenters. The van der Waals surface area contributed by atoms with Crippen molar-refractivity contribution in [2.24, 2.45) is 0 Å². The fraction of sp³-hybridized carbons (Fsp3) is 0. The molecular formula is C50H33NO. The van der Waals surface area contributed by atoms with Gasteiger partial charge in [0.15, 0.2) is 0 Å². The maximum atomic E-state index is 6.10. The van der Waals surface area contributed by atoms with Gasteiger partial charge in [-0.25, -0.2) is 0 Å². The van der Waals surface area contributed by atoms with E-state index < -0.39 is 0 Å². The highest BCUT2D eigenvalue weighted by Gasteiger charge is 2.15. The predicted molar refractivity (Wildman–Crippen MR) is 220 cm³/mol. The fourth-order valence-electron chi connectivity index (χ4n) is 7.61. The Kier molecular flexibility index (Phi) is 7.18. The summed E-state index contributed by atoms with van der Waals surface area (Å²) in [5, 5.41) is 7.34. The van der Waals surface area contributed by atoms with Gasteiger partial charge in [0.25, 0.3) is 0 Å². The Morgan fingerprint density at radius 1 is 0.269 bits per heavy atom. The number of nitrogens with zero attached hydrogens (tertiary/aromatic N) is 1. The lowest BCUT2D eigenvalue weighted by molar-refractivity contribution is 0.669. The summed E-state index contributed by atoms with van der Waals surface area (Å²) < 4.78 is 6.10. The molecule has 2 heteroatoms. The van der Waals surface area contributed by atoms with E-state index in [9.17, 15) is 0 Å². The predicted octanol–water partition coefficient (Wildman–Crippen LogP) is 14.4. The third-order valence-electron chi connectivity index (χ3n) is 10.3. The molecule has 0 radical (unpaired) electrons. The molecular weight excluding hydrogens is 631 g/mol. The molecule has 0 fully saturated rings. The number of hydrogen-bond acceptors (Lipinski definition) is 2. The van der Waals surface area contributed by atoms with Crippen LogP contribution in [0.4, 0.5) is 17.1 Å². The molecule has 244 valence electrons. The molecule has 52 heavy (non-hydrogen) atoms. The van der Waals surface area contributed by atoms with Crippen LogP contribution in [0.25, 0.3) is 76.9 Å². The lowest BCUT2D eigenvalue weighted by Crippen LogP contribution is -2.10. The van der Waals surface area contributed by atoms with Gasteiger partial charge in [0, 0.05) is 27.8 Å². The van der Waals surface area contributed by atoms with Crippen molar-refractivity contribution in [2.45, 2.75) is 0 Å². The van der Waals surface area contributed by atoms with Gasteiger partial charge in [0.1, 0.15) is 11.2 Å². The highest BCUT2D eigenvalue weighted by molar-refractivity contribution is 6.09. The zero-order valence-electron chi connectivity index (χ0n) is 28.4.